The Morgan fingerprint density at radius 2 is 2.09 bits per heavy atom. The molecule has 0 spiro atoms. The van der Waals surface area contributed by atoms with E-state index in [9.17, 15) is 0 Å². The van der Waals surface area contributed by atoms with Crippen molar-refractivity contribution in [3.8, 4) is 11.6 Å². The molecule has 0 aliphatic rings. The highest BCUT2D eigenvalue weighted by atomic mass is 16.3. The predicted molar refractivity (Wildman–Crippen MR) is 95.3 cm³/mol. The molecule has 4 heteroatoms. The first-order chi connectivity index (χ1) is 11.2. The number of allylic oxidation sites excluding steroid dienone is 1. The molecular weight excluding hydrogens is 286 g/mol. The molecule has 3 rings (SSSR count). The number of hydrogen-bond acceptors (Lipinski definition) is 4. The molecule has 0 unspecified atom stereocenters. The van der Waals surface area contributed by atoms with Crippen molar-refractivity contribution in [2.75, 3.05) is 11.9 Å². The second kappa shape index (κ2) is 6.65. The standard InChI is InChI=1S/C19H21N3O/c1-4-20-18-15-12-14(8-7-13(2)3)9-10-16(15)21-19(22-18)17-6-5-11-23-17/h5-13H,4H2,1-3H3,(H,20,21,22)/b8-7+. The Bertz CT molecular complexity index is 820. The second-order valence-electron chi connectivity index (χ2n) is 5.78. The summed E-state index contributed by atoms with van der Waals surface area (Å²) in [4.78, 5) is 9.26. The summed E-state index contributed by atoms with van der Waals surface area (Å²) in [5, 5.41) is 4.35. The number of fused-ring (bicyclic) bond motifs is 1. The number of rotatable bonds is 5. The molecule has 23 heavy (non-hydrogen) atoms. The molecule has 4 nitrogen and oxygen atoms in total. The van der Waals surface area contributed by atoms with Gasteiger partial charge in [0.1, 0.15) is 5.82 Å². The van der Waals surface area contributed by atoms with Crippen LogP contribution in [0.5, 0.6) is 0 Å². The Morgan fingerprint density at radius 3 is 2.78 bits per heavy atom. The van der Waals surface area contributed by atoms with Crippen LogP contribution < -0.4 is 5.32 Å². The molecule has 0 aliphatic carbocycles. The molecule has 0 fully saturated rings. The third-order valence-electron chi connectivity index (χ3n) is 3.48. The van der Waals surface area contributed by atoms with Crippen LogP contribution in [-0.2, 0) is 0 Å². The van der Waals surface area contributed by atoms with Gasteiger partial charge in [-0.25, -0.2) is 9.97 Å². The van der Waals surface area contributed by atoms with E-state index < -0.39 is 0 Å². The van der Waals surface area contributed by atoms with Crippen molar-refractivity contribution in [3.05, 3.63) is 48.2 Å². The van der Waals surface area contributed by atoms with Crippen LogP contribution in [0.4, 0.5) is 5.82 Å². The van der Waals surface area contributed by atoms with Gasteiger partial charge in [0.15, 0.2) is 11.6 Å². The zero-order chi connectivity index (χ0) is 16.2. The highest BCUT2D eigenvalue weighted by molar-refractivity contribution is 5.92. The largest absolute Gasteiger partial charge is 0.461 e. The molecule has 2 aromatic heterocycles. The topological polar surface area (TPSA) is 51.0 Å². The first kappa shape index (κ1) is 15.3. The van der Waals surface area contributed by atoms with Gasteiger partial charge >= 0.3 is 0 Å². The Kier molecular flexibility index (Phi) is 4.42. The summed E-state index contributed by atoms with van der Waals surface area (Å²) in [5.41, 5.74) is 2.06. The monoisotopic (exact) mass is 307 g/mol. The molecule has 0 saturated carbocycles. The van der Waals surface area contributed by atoms with Crippen molar-refractivity contribution in [2.24, 2.45) is 5.92 Å². The van der Waals surface area contributed by atoms with Gasteiger partial charge in [0, 0.05) is 11.9 Å². The summed E-state index contributed by atoms with van der Waals surface area (Å²) in [5.74, 6) is 2.64. The van der Waals surface area contributed by atoms with E-state index in [1.807, 2.05) is 18.2 Å². The lowest BCUT2D eigenvalue weighted by molar-refractivity contribution is 0.577. The van der Waals surface area contributed by atoms with Crippen molar-refractivity contribution in [1.29, 1.82) is 0 Å². The molecule has 0 bridgehead atoms. The number of nitrogens with zero attached hydrogens (tertiary/aromatic N) is 2. The van der Waals surface area contributed by atoms with E-state index in [4.69, 9.17) is 4.42 Å². The summed E-state index contributed by atoms with van der Waals surface area (Å²) in [6, 6.07) is 9.95. The predicted octanol–water partition coefficient (Wildman–Crippen LogP) is 4.99. The Balaban J connectivity index is 2.11. The normalized spacial score (nSPS) is 11.7. The van der Waals surface area contributed by atoms with E-state index in [0.717, 1.165) is 28.8 Å². The van der Waals surface area contributed by atoms with Gasteiger partial charge in [-0.05, 0) is 42.7 Å². The van der Waals surface area contributed by atoms with E-state index in [-0.39, 0.29) is 0 Å². The maximum absolute atomic E-state index is 5.43. The number of aromatic nitrogens is 2. The van der Waals surface area contributed by atoms with Crippen molar-refractivity contribution < 1.29 is 4.42 Å². The summed E-state index contributed by atoms with van der Waals surface area (Å²) in [6.45, 7) is 7.19. The second-order valence-corrected chi connectivity index (χ2v) is 5.78. The fourth-order valence-electron chi connectivity index (χ4n) is 2.37. The van der Waals surface area contributed by atoms with Gasteiger partial charge in [-0.2, -0.15) is 0 Å². The van der Waals surface area contributed by atoms with Crippen LogP contribution in [0.1, 0.15) is 26.3 Å². The summed E-state index contributed by atoms with van der Waals surface area (Å²) in [6.07, 6.45) is 5.96. The van der Waals surface area contributed by atoms with E-state index in [0.29, 0.717) is 17.5 Å². The zero-order valence-corrected chi connectivity index (χ0v) is 13.7. The van der Waals surface area contributed by atoms with Crippen molar-refractivity contribution in [1.82, 2.24) is 9.97 Å². The van der Waals surface area contributed by atoms with Crippen molar-refractivity contribution in [3.63, 3.8) is 0 Å². The van der Waals surface area contributed by atoms with Crippen LogP contribution >= 0.6 is 0 Å². The van der Waals surface area contributed by atoms with Crippen LogP contribution in [0.3, 0.4) is 0 Å². The zero-order valence-electron chi connectivity index (χ0n) is 13.7. The van der Waals surface area contributed by atoms with Gasteiger partial charge < -0.3 is 9.73 Å². The number of nitrogens with one attached hydrogen (secondary N) is 1. The van der Waals surface area contributed by atoms with E-state index in [1.54, 1.807) is 6.26 Å². The Labute approximate surface area is 136 Å². The highest BCUT2D eigenvalue weighted by Crippen LogP contribution is 2.26. The Morgan fingerprint density at radius 1 is 1.22 bits per heavy atom. The van der Waals surface area contributed by atoms with Crippen LogP contribution in [0.2, 0.25) is 0 Å². The van der Waals surface area contributed by atoms with Gasteiger partial charge in [-0.1, -0.05) is 32.1 Å². The molecule has 2 heterocycles. The fourth-order valence-corrected chi connectivity index (χ4v) is 2.37. The van der Waals surface area contributed by atoms with Gasteiger partial charge in [0.25, 0.3) is 0 Å². The molecule has 1 aromatic carbocycles. The summed E-state index contributed by atoms with van der Waals surface area (Å²) >= 11 is 0. The molecule has 0 amide bonds. The van der Waals surface area contributed by atoms with E-state index in [2.05, 4.69) is 60.3 Å². The fraction of sp³-hybridized carbons (Fsp3) is 0.263. The molecule has 0 radical (unpaired) electrons. The molecular formula is C19H21N3O. The van der Waals surface area contributed by atoms with Crippen LogP contribution in [0.15, 0.2) is 47.1 Å². The van der Waals surface area contributed by atoms with E-state index >= 15 is 0 Å². The average molecular weight is 307 g/mol. The molecule has 0 saturated heterocycles. The van der Waals surface area contributed by atoms with Crippen LogP contribution in [-0.4, -0.2) is 16.5 Å². The van der Waals surface area contributed by atoms with Gasteiger partial charge in [0.2, 0.25) is 0 Å². The molecule has 1 N–H and O–H groups in total. The third-order valence-corrected chi connectivity index (χ3v) is 3.48. The lowest BCUT2D eigenvalue weighted by Gasteiger charge is -2.09. The maximum atomic E-state index is 5.43. The van der Waals surface area contributed by atoms with Gasteiger partial charge in [0.05, 0.1) is 11.8 Å². The number of furan rings is 1. The lowest BCUT2D eigenvalue weighted by Crippen LogP contribution is -2.03. The van der Waals surface area contributed by atoms with Crippen LogP contribution in [0.25, 0.3) is 28.6 Å². The SMILES string of the molecule is CCNc1nc(-c2ccco2)nc2ccc(/C=C/C(C)C)cc12. The Hall–Kier alpha value is -2.62. The summed E-state index contributed by atoms with van der Waals surface area (Å²) in [7, 11) is 0. The van der Waals surface area contributed by atoms with Crippen LogP contribution in [0, 0.1) is 5.92 Å². The minimum atomic E-state index is 0.525. The molecule has 3 aromatic rings. The number of hydrogen-bond donors (Lipinski definition) is 1. The molecule has 118 valence electrons. The maximum Gasteiger partial charge on any atom is 0.198 e. The summed E-state index contributed by atoms with van der Waals surface area (Å²) < 4.78 is 5.43. The average Bonchev–Trinajstić information content (AvgIpc) is 3.07. The number of benzene rings is 1. The van der Waals surface area contributed by atoms with Crippen molar-refractivity contribution in [2.45, 2.75) is 20.8 Å². The highest BCUT2D eigenvalue weighted by Gasteiger charge is 2.11. The van der Waals surface area contributed by atoms with Gasteiger partial charge in [-0.3, -0.25) is 0 Å². The first-order valence-electron chi connectivity index (χ1n) is 7.95. The third kappa shape index (κ3) is 3.42. The number of anilines is 1. The minimum Gasteiger partial charge on any atom is -0.461 e. The first-order valence-corrected chi connectivity index (χ1v) is 7.95. The molecule has 0 aliphatic heterocycles. The lowest BCUT2D eigenvalue weighted by atomic mass is 10.1. The smallest absolute Gasteiger partial charge is 0.198 e. The molecule has 0 atom stereocenters. The van der Waals surface area contributed by atoms with Gasteiger partial charge in [-0.15, -0.1) is 0 Å². The minimum absolute atomic E-state index is 0.525. The van der Waals surface area contributed by atoms with Crippen molar-refractivity contribution >= 4 is 22.8 Å². The quantitative estimate of drug-likeness (QED) is 0.721. The van der Waals surface area contributed by atoms with E-state index in [1.165, 1.54) is 0 Å².